The lowest BCUT2D eigenvalue weighted by molar-refractivity contribution is 0.0358. The van der Waals surface area contributed by atoms with Crippen LogP contribution in [0, 0.1) is 0 Å². The number of amides is 2. The fourth-order valence-electron chi connectivity index (χ4n) is 1.24. The van der Waals surface area contributed by atoms with Crippen LogP contribution in [0.1, 0.15) is 0 Å². The van der Waals surface area contributed by atoms with E-state index < -0.39 is 6.03 Å². The third-order valence-corrected chi connectivity index (χ3v) is 2.27. The van der Waals surface area contributed by atoms with Crippen molar-refractivity contribution in [3.05, 3.63) is 0 Å². The molecule has 2 amide bonds. The van der Waals surface area contributed by atoms with E-state index in [9.17, 15) is 4.79 Å². The van der Waals surface area contributed by atoms with Crippen molar-refractivity contribution in [3.63, 3.8) is 0 Å². The van der Waals surface area contributed by atoms with Crippen LogP contribution in [0.25, 0.3) is 0 Å². The number of carbonyl (C=O) groups excluding carboxylic acids is 1. The number of urea groups is 1. The van der Waals surface area contributed by atoms with Gasteiger partial charge in [0.25, 0.3) is 0 Å². The van der Waals surface area contributed by atoms with Crippen molar-refractivity contribution in [1.29, 1.82) is 0 Å². The van der Waals surface area contributed by atoms with Gasteiger partial charge < -0.3 is 10.5 Å². The first-order chi connectivity index (χ1) is 6.68. The van der Waals surface area contributed by atoms with Gasteiger partial charge >= 0.3 is 6.03 Å². The molecule has 0 aromatic rings. The molecule has 1 aliphatic heterocycles. The zero-order valence-electron chi connectivity index (χ0n) is 7.98. The van der Waals surface area contributed by atoms with Gasteiger partial charge in [-0.2, -0.15) is 4.41 Å². The van der Waals surface area contributed by atoms with Crippen LogP contribution in [0.2, 0.25) is 0 Å². The fourth-order valence-corrected chi connectivity index (χ4v) is 1.43. The molecular formula is C7H16N4O2S. The highest BCUT2D eigenvalue weighted by Gasteiger charge is 2.11. The number of primary amides is 1. The Morgan fingerprint density at radius 3 is 2.79 bits per heavy atom. The van der Waals surface area contributed by atoms with Crippen molar-refractivity contribution < 1.29 is 9.53 Å². The normalized spacial score (nSPS) is 18.4. The quantitative estimate of drug-likeness (QED) is 0.422. The minimum absolute atomic E-state index is 0.595. The summed E-state index contributed by atoms with van der Waals surface area (Å²) in [5, 5.41) is 0. The molecule has 0 saturated carbocycles. The first-order valence-electron chi connectivity index (χ1n) is 4.51. The lowest BCUT2D eigenvalue weighted by Gasteiger charge is -2.27. The average molecular weight is 220 g/mol. The minimum Gasteiger partial charge on any atom is -0.379 e. The van der Waals surface area contributed by atoms with Crippen molar-refractivity contribution in [2.24, 2.45) is 5.73 Å². The summed E-state index contributed by atoms with van der Waals surface area (Å²) >= 11 is 4.03. The molecule has 1 aliphatic rings. The largest absolute Gasteiger partial charge is 0.379 e. The molecule has 82 valence electrons. The van der Waals surface area contributed by atoms with Gasteiger partial charge in [0, 0.05) is 26.2 Å². The molecule has 0 radical (unpaired) electrons. The van der Waals surface area contributed by atoms with Gasteiger partial charge in [0.1, 0.15) is 0 Å². The van der Waals surface area contributed by atoms with E-state index in [2.05, 4.69) is 23.1 Å². The third kappa shape index (κ3) is 4.66. The monoisotopic (exact) mass is 220 g/mol. The number of rotatable bonds is 4. The summed E-state index contributed by atoms with van der Waals surface area (Å²) in [5.41, 5.74) is 7.29. The van der Waals surface area contributed by atoms with Crippen molar-refractivity contribution in [3.8, 4) is 0 Å². The van der Waals surface area contributed by atoms with Crippen LogP contribution in [0.4, 0.5) is 4.79 Å². The molecule has 0 aliphatic carbocycles. The molecular weight excluding hydrogens is 204 g/mol. The number of nitrogens with zero attached hydrogens (tertiary/aromatic N) is 2. The molecule has 1 saturated heterocycles. The second-order valence-electron chi connectivity index (χ2n) is 3.05. The van der Waals surface area contributed by atoms with Crippen molar-refractivity contribution in [1.82, 2.24) is 14.7 Å². The highest BCUT2D eigenvalue weighted by molar-refractivity contribution is 7.77. The van der Waals surface area contributed by atoms with Gasteiger partial charge in [-0.1, -0.05) is 12.8 Å². The Hall–Kier alpha value is -0.500. The Kier molecular flexibility index (Phi) is 5.02. The number of hydrogen-bond acceptors (Lipinski definition) is 5. The summed E-state index contributed by atoms with van der Waals surface area (Å²) in [4.78, 5) is 12.7. The van der Waals surface area contributed by atoms with E-state index in [1.807, 2.05) is 0 Å². The third-order valence-electron chi connectivity index (χ3n) is 1.97. The van der Waals surface area contributed by atoms with Crippen molar-refractivity contribution in [2.45, 2.75) is 0 Å². The molecule has 0 atom stereocenters. The second kappa shape index (κ2) is 6.07. The van der Waals surface area contributed by atoms with E-state index >= 15 is 0 Å². The fraction of sp³-hybridized carbons (Fsp3) is 0.857. The molecule has 0 aromatic heterocycles. The van der Waals surface area contributed by atoms with Crippen molar-refractivity contribution in [2.75, 3.05) is 39.4 Å². The Labute approximate surface area is 88.9 Å². The maximum atomic E-state index is 10.4. The van der Waals surface area contributed by atoms with Crippen LogP contribution in [0.15, 0.2) is 0 Å². The summed E-state index contributed by atoms with van der Waals surface area (Å²) in [6.07, 6.45) is 0. The van der Waals surface area contributed by atoms with Crippen LogP contribution >= 0.6 is 12.8 Å². The number of nitrogens with two attached hydrogens (primary N) is 1. The summed E-state index contributed by atoms with van der Waals surface area (Å²) < 4.78 is 6.59. The predicted molar refractivity (Wildman–Crippen MR) is 55.7 cm³/mol. The highest BCUT2D eigenvalue weighted by atomic mass is 32.1. The number of carbonyl (C=O) groups is 1. The van der Waals surface area contributed by atoms with E-state index in [-0.39, 0.29) is 0 Å². The smallest absolute Gasteiger partial charge is 0.327 e. The molecule has 1 rings (SSSR count). The van der Waals surface area contributed by atoms with E-state index in [1.165, 1.54) is 4.41 Å². The molecule has 14 heavy (non-hydrogen) atoms. The SMILES string of the molecule is NC(=O)NN(S)CCN1CCOCC1. The van der Waals surface area contributed by atoms with Gasteiger partial charge in [-0.05, 0) is 0 Å². The molecule has 1 heterocycles. The van der Waals surface area contributed by atoms with Gasteiger partial charge in [-0.3, -0.25) is 10.3 Å². The van der Waals surface area contributed by atoms with Crippen LogP contribution < -0.4 is 11.2 Å². The number of thiol groups is 1. The Balaban J connectivity index is 2.09. The molecule has 0 bridgehead atoms. The summed E-state index contributed by atoms with van der Waals surface area (Å²) in [6.45, 7) is 4.88. The molecule has 7 heteroatoms. The predicted octanol–water partition coefficient (Wildman–Crippen LogP) is -0.951. The van der Waals surface area contributed by atoms with Crippen LogP contribution in [-0.2, 0) is 4.74 Å². The molecule has 6 nitrogen and oxygen atoms in total. The summed E-state index contributed by atoms with van der Waals surface area (Å²) in [5.74, 6) is 0. The number of morpholine rings is 1. The zero-order chi connectivity index (χ0) is 10.4. The molecule has 0 unspecified atom stereocenters. The Morgan fingerprint density at radius 2 is 2.21 bits per heavy atom. The van der Waals surface area contributed by atoms with Gasteiger partial charge in [0.15, 0.2) is 0 Å². The Morgan fingerprint density at radius 1 is 1.57 bits per heavy atom. The molecule has 1 fully saturated rings. The first-order valence-corrected chi connectivity index (χ1v) is 4.91. The average Bonchev–Trinajstić information content (AvgIpc) is 2.15. The lowest BCUT2D eigenvalue weighted by Crippen LogP contribution is -2.45. The van der Waals surface area contributed by atoms with Gasteiger partial charge in [0.05, 0.1) is 13.2 Å². The zero-order valence-corrected chi connectivity index (χ0v) is 8.87. The minimum atomic E-state index is -0.595. The van der Waals surface area contributed by atoms with Crippen LogP contribution in [-0.4, -0.2) is 54.7 Å². The van der Waals surface area contributed by atoms with Crippen LogP contribution in [0.3, 0.4) is 0 Å². The van der Waals surface area contributed by atoms with E-state index in [1.54, 1.807) is 0 Å². The summed E-state index contributed by atoms with van der Waals surface area (Å²) in [6, 6.07) is -0.595. The lowest BCUT2D eigenvalue weighted by atomic mass is 10.4. The van der Waals surface area contributed by atoms with Gasteiger partial charge in [-0.25, -0.2) is 4.79 Å². The number of ether oxygens (including phenoxy) is 1. The van der Waals surface area contributed by atoms with E-state index in [0.717, 1.165) is 32.8 Å². The molecule has 0 aromatic carbocycles. The maximum Gasteiger partial charge on any atom is 0.327 e. The number of hydrazine groups is 1. The molecule has 0 spiro atoms. The van der Waals surface area contributed by atoms with Crippen molar-refractivity contribution >= 4 is 18.8 Å². The maximum absolute atomic E-state index is 10.4. The van der Waals surface area contributed by atoms with Crippen LogP contribution in [0.5, 0.6) is 0 Å². The molecule has 3 N–H and O–H groups in total. The number of nitrogens with one attached hydrogen (secondary N) is 1. The van der Waals surface area contributed by atoms with Gasteiger partial charge in [-0.15, -0.1) is 0 Å². The second-order valence-corrected chi connectivity index (χ2v) is 3.54. The van der Waals surface area contributed by atoms with Gasteiger partial charge in [0.2, 0.25) is 0 Å². The van der Waals surface area contributed by atoms with E-state index in [4.69, 9.17) is 10.5 Å². The summed E-state index contributed by atoms with van der Waals surface area (Å²) in [7, 11) is 0. The Bertz CT molecular complexity index is 187. The first kappa shape index (κ1) is 11.6. The van der Waals surface area contributed by atoms with E-state index in [0.29, 0.717) is 6.54 Å². The standard InChI is InChI=1S/C7H16N4O2S/c8-7(12)9-11(14)2-1-10-3-5-13-6-4-10/h14H,1-6H2,(H3,8,9,12). The number of hydrogen-bond donors (Lipinski definition) is 3. The highest BCUT2D eigenvalue weighted by Crippen LogP contribution is 1.97. The topological polar surface area (TPSA) is 70.8 Å².